The van der Waals surface area contributed by atoms with Crippen LogP contribution in [-0.2, 0) is 6.54 Å². The van der Waals surface area contributed by atoms with E-state index in [0.717, 1.165) is 18.5 Å². The number of nitrogens with zero attached hydrogens (tertiary/aromatic N) is 4. The van der Waals surface area contributed by atoms with E-state index < -0.39 is 5.60 Å². The lowest BCUT2D eigenvalue weighted by molar-refractivity contribution is 0.0577. The smallest absolute Gasteiger partial charge is 0.227 e. The van der Waals surface area contributed by atoms with Gasteiger partial charge in [0.15, 0.2) is 17.0 Å². The van der Waals surface area contributed by atoms with Crippen LogP contribution in [0.25, 0.3) is 11.2 Å². The van der Waals surface area contributed by atoms with Crippen LogP contribution in [0.3, 0.4) is 0 Å². The van der Waals surface area contributed by atoms with Crippen molar-refractivity contribution in [3.05, 3.63) is 30.1 Å². The van der Waals surface area contributed by atoms with Crippen molar-refractivity contribution in [3.63, 3.8) is 0 Å². The first-order chi connectivity index (χ1) is 15.8. The van der Waals surface area contributed by atoms with Crippen LogP contribution >= 0.6 is 0 Å². The second-order valence-electron chi connectivity index (χ2n) is 9.51. The van der Waals surface area contributed by atoms with Gasteiger partial charge >= 0.3 is 0 Å². The van der Waals surface area contributed by atoms with Gasteiger partial charge in [-0.05, 0) is 51.3 Å². The fourth-order valence-corrected chi connectivity index (χ4v) is 4.59. The molecule has 2 aromatic heterocycles. The normalized spacial score (nSPS) is 16.1. The number of benzene rings is 1. The molecule has 1 unspecified atom stereocenters. The highest BCUT2D eigenvalue weighted by molar-refractivity contribution is 5.84. The molecule has 0 bridgehead atoms. The molecule has 0 spiro atoms. The molecule has 1 saturated carbocycles. The maximum atomic E-state index is 10.6. The number of fused-ring (bicyclic) bond motifs is 1. The average molecular weight is 454 g/mol. The number of hydrogen-bond donors (Lipinski definition) is 5. The van der Waals surface area contributed by atoms with E-state index in [0.29, 0.717) is 47.5 Å². The number of phenolic OH excluding ortho intramolecular Hbond substituents is 1. The lowest BCUT2D eigenvalue weighted by atomic mass is 9.95. The van der Waals surface area contributed by atoms with Crippen LogP contribution in [0, 0.1) is 0 Å². The zero-order chi connectivity index (χ0) is 23.6. The number of aromatic hydroxyl groups is 1. The first kappa shape index (κ1) is 23.1. The van der Waals surface area contributed by atoms with E-state index in [4.69, 9.17) is 15.7 Å². The van der Waals surface area contributed by atoms with Crippen molar-refractivity contribution in [1.29, 1.82) is 0 Å². The molecule has 4 rings (SSSR count). The van der Waals surface area contributed by atoms with Gasteiger partial charge in [-0.1, -0.05) is 26.2 Å². The molecule has 1 aliphatic carbocycles. The zero-order valence-electron chi connectivity index (χ0n) is 19.7. The SMILES string of the molecule is CCC(Nc1nc(NCc2cc(N)ccc2O)c2ncn(C3CCCCC3)c2n1)C(C)(C)O. The molecule has 9 nitrogen and oxygen atoms in total. The van der Waals surface area contributed by atoms with Gasteiger partial charge in [-0.2, -0.15) is 9.97 Å². The van der Waals surface area contributed by atoms with Crippen molar-refractivity contribution < 1.29 is 10.2 Å². The topological polar surface area (TPSA) is 134 Å². The molecule has 9 heteroatoms. The quantitative estimate of drug-likeness (QED) is 0.253. The first-order valence-electron chi connectivity index (χ1n) is 11.8. The predicted molar refractivity (Wildman–Crippen MR) is 131 cm³/mol. The summed E-state index contributed by atoms with van der Waals surface area (Å²) >= 11 is 0. The molecule has 0 amide bonds. The summed E-state index contributed by atoms with van der Waals surface area (Å²) in [5.74, 6) is 1.18. The molecule has 1 aliphatic rings. The summed E-state index contributed by atoms with van der Waals surface area (Å²) in [7, 11) is 0. The van der Waals surface area contributed by atoms with Crippen molar-refractivity contribution in [2.75, 3.05) is 16.4 Å². The van der Waals surface area contributed by atoms with Gasteiger partial charge in [-0.25, -0.2) is 4.98 Å². The van der Waals surface area contributed by atoms with E-state index in [-0.39, 0.29) is 11.8 Å². The fourth-order valence-electron chi connectivity index (χ4n) is 4.59. The van der Waals surface area contributed by atoms with Gasteiger partial charge in [0.2, 0.25) is 5.95 Å². The molecular formula is C24H35N7O2. The minimum Gasteiger partial charge on any atom is -0.508 e. The number of phenols is 1. The summed E-state index contributed by atoms with van der Waals surface area (Å²) in [5, 5.41) is 27.4. The van der Waals surface area contributed by atoms with E-state index in [9.17, 15) is 10.2 Å². The van der Waals surface area contributed by atoms with Crippen molar-refractivity contribution in [1.82, 2.24) is 19.5 Å². The second kappa shape index (κ2) is 9.43. The maximum Gasteiger partial charge on any atom is 0.227 e. The van der Waals surface area contributed by atoms with Crippen molar-refractivity contribution in [2.24, 2.45) is 0 Å². The van der Waals surface area contributed by atoms with Gasteiger partial charge in [-0.3, -0.25) is 0 Å². The Hall–Kier alpha value is -3.07. The van der Waals surface area contributed by atoms with Crippen LogP contribution in [0.4, 0.5) is 17.5 Å². The van der Waals surface area contributed by atoms with E-state index in [1.807, 2.05) is 13.3 Å². The number of nitrogens with one attached hydrogen (secondary N) is 2. The number of nitrogens with two attached hydrogens (primary N) is 1. The molecule has 2 heterocycles. The van der Waals surface area contributed by atoms with E-state index in [1.165, 1.54) is 19.3 Å². The third-order valence-corrected chi connectivity index (χ3v) is 6.50. The van der Waals surface area contributed by atoms with E-state index in [2.05, 4.69) is 20.2 Å². The molecule has 0 saturated heterocycles. The lowest BCUT2D eigenvalue weighted by Crippen LogP contribution is -2.41. The highest BCUT2D eigenvalue weighted by Gasteiger charge is 2.27. The summed E-state index contributed by atoms with van der Waals surface area (Å²) in [5.41, 5.74) is 7.67. The number of rotatable bonds is 8. The van der Waals surface area contributed by atoms with Crippen molar-refractivity contribution in [3.8, 4) is 5.75 Å². The van der Waals surface area contributed by atoms with Crippen LogP contribution in [-0.4, -0.2) is 41.4 Å². The first-order valence-corrected chi connectivity index (χ1v) is 11.8. The molecule has 0 radical (unpaired) electrons. The largest absolute Gasteiger partial charge is 0.508 e. The third kappa shape index (κ3) is 5.13. The number of aromatic nitrogens is 4. The Kier molecular flexibility index (Phi) is 6.60. The predicted octanol–water partition coefficient (Wildman–Crippen LogP) is 4.19. The summed E-state index contributed by atoms with van der Waals surface area (Å²) in [6.45, 7) is 5.91. The fraction of sp³-hybridized carbons (Fsp3) is 0.542. The Balaban J connectivity index is 1.71. The second-order valence-corrected chi connectivity index (χ2v) is 9.51. The van der Waals surface area contributed by atoms with Gasteiger partial charge < -0.3 is 31.1 Å². The number of hydrogen-bond acceptors (Lipinski definition) is 8. The summed E-state index contributed by atoms with van der Waals surface area (Å²) in [6, 6.07) is 5.14. The Morgan fingerprint density at radius 3 is 2.67 bits per heavy atom. The third-order valence-electron chi connectivity index (χ3n) is 6.50. The molecule has 1 fully saturated rings. The zero-order valence-corrected chi connectivity index (χ0v) is 19.7. The van der Waals surface area contributed by atoms with Gasteiger partial charge in [0.25, 0.3) is 0 Å². The Bertz CT molecular complexity index is 1100. The van der Waals surface area contributed by atoms with Gasteiger partial charge in [0, 0.05) is 23.8 Å². The van der Waals surface area contributed by atoms with Crippen molar-refractivity contribution in [2.45, 2.75) is 83.5 Å². The number of aliphatic hydroxyl groups is 1. The highest BCUT2D eigenvalue weighted by Crippen LogP contribution is 2.32. The van der Waals surface area contributed by atoms with Crippen LogP contribution in [0.2, 0.25) is 0 Å². The highest BCUT2D eigenvalue weighted by atomic mass is 16.3. The molecule has 0 aliphatic heterocycles. The van der Waals surface area contributed by atoms with Crippen LogP contribution in [0.1, 0.15) is 70.9 Å². The van der Waals surface area contributed by atoms with E-state index in [1.54, 1.807) is 32.0 Å². The van der Waals surface area contributed by atoms with Gasteiger partial charge in [0.1, 0.15) is 5.75 Å². The molecule has 6 N–H and O–H groups in total. The molecule has 1 aromatic carbocycles. The minimum absolute atomic E-state index is 0.168. The van der Waals surface area contributed by atoms with Crippen LogP contribution in [0.5, 0.6) is 5.75 Å². The standard InChI is InChI=1S/C24H35N7O2/c1-4-19(24(2,3)33)28-23-29-21(26-13-15-12-16(25)10-11-18(15)32)20-22(30-23)31(14-27-20)17-8-6-5-7-9-17/h10-12,14,17,19,32-33H,4-9,13,25H2,1-3H3,(H2,26,28,29,30). The summed E-state index contributed by atoms with van der Waals surface area (Å²) in [6.07, 6.45) is 8.47. The monoisotopic (exact) mass is 453 g/mol. The van der Waals surface area contributed by atoms with Crippen LogP contribution < -0.4 is 16.4 Å². The molecule has 3 aromatic rings. The summed E-state index contributed by atoms with van der Waals surface area (Å²) < 4.78 is 2.16. The number of imidazole rings is 1. The van der Waals surface area contributed by atoms with Gasteiger partial charge in [-0.15, -0.1) is 0 Å². The molecule has 178 valence electrons. The minimum atomic E-state index is -0.933. The maximum absolute atomic E-state index is 10.6. The molecule has 1 atom stereocenters. The number of nitrogen functional groups attached to an aromatic ring is 1. The van der Waals surface area contributed by atoms with Crippen LogP contribution in [0.15, 0.2) is 24.5 Å². The Morgan fingerprint density at radius 1 is 1.21 bits per heavy atom. The van der Waals surface area contributed by atoms with Gasteiger partial charge in [0.05, 0.1) is 18.0 Å². The Morgan fingerprint density at radius 2 is 1.97 bits per heavy atom. The summed E-state index contributed by atoms with van der Waals surface area (Å²) in [4.78, 5) is 14.2. The average Bonchev–Trinajstić information content (AvgIpc) is 3.22. The van der Waals surface area contributed by atoms with Crippen molar-refractivity contribution >= 4 is 28.6 Å². The molecule has 33 heavy (non-hydrogen) atoms. The number of anilines is 3. The Labute approximate surface area is 194 Å². The van der Waals surface area contributed by atoms with E-state index >= 15 is 0 Å². The molecular weight excluding hydrogens is 418 g/mol. The lowest BCUT2D eigenvalue weighted by Gasteiger charge is -2.29.